The molecule has 0 aliphatic heterocycles. The minimum atomic E-state index is -3.63. The van der Waals surface area contributed by atoms with Crippen LogP contribution in [0.2, 0.25) is 0 Å². The summed E-state index contributed by atoms with van der Waals surface area (Å²) in [4.78, 5) is 11.9. The Morgan fingerprint density at radius 3 is 2.46 bits per heavy atom. The van der Waals surface area contributed by atoms with Crippen LogP contribution in [-0.4, -0.2) is 41.2 Å². The maximum Gasteiger partial charge on any atom is 0.262 e. The van der Waals surface area contributed by atoms with E-state index in [1.165, 1.54) is 49.6 Å². The quantitative estimate of drug-likeness (QED) is 0.645. The van der Waals surface area contributed by atoms with Gasteiger partial charge in [-0.2, -0.15) is 0 Å². The molecule has 0 aliphatic rings. The molecule has 2 N–H and O–H groups in total. The minimum Gasteiger partial charge on any atom is -0.484 e. The van der Waals surface area contributed by atoms with E-state index in [0.717, 1.165) is 0 Å². The Morgan fingerprint density at radius 1 is 1.12 bits per heavy atom. The van der Waals surface area contributed by atoms with E-state index in [1.807, 2.05) is 0 Å². The van der Waals surface area contributed by atoms with Crippen molar-refractivity contribution in [3.8, 4) is 5.75 Å². The van der Waals surface area contributed by atoms with Crippen molar-refractivity contribution in [1.82, 2.24) is 4.72 Å². The summed E-state index contributed by atoms with van der Waals surface area (Å²) in [6.07, 6.45) is 0. The lowest BCUT2D eigenvalue weighted by Gasteiger charge is -2.09. The van der Waals surface area contributed by atoms with Crippen molar-refractivity contribution in [3.63, 3.8) is 0 Å². The van der Waals surface area contributed by atoms with E-state index in [2.05, 4.69) is 10.0 Å². The normalized spacial score (nSPS) is 11.2. The van der Waals surface area contributed by atoms with Gasteiger partial charge in [-0.25, -0.2) is 17.5 Å². The number of rotatable bonds is 9. The number of carbonyl (C=O) groups excluding carboxylic acids is 1. The molecule has 2 aromatic rings. The Kier molecular flexibility index (Phi) is 7.07. The summed E-state index contributed by atoms with van der Waals surface area (Å²) < 4.78 is 49.9. The van der Waals surface area contributed by atoms with Gasteiger partial charge in [-0.05, 0) is 36.4 Å². The van der Waals surface area contributed by atoms with E-state index in [0.29, 0.717) is 5.75 Å². The first kappa shape index (κ1) is 19.8. The number of sulfonamides is 1. The fraction of sp³-hybridized carbons (Fsp3) is 0.235. The van der Waals surface area contributed by atoms with E-state index >= 15 is 0 Å². The van der Waals surface area contributed by atoms with Crippen LogP contribution in [0.1, 0.15) is 0 Å². The van der Waals surface area contributed by atoms with Gasteiger partial charge in [-0.3, -0.25) is 4.79 Å². The van der Waals surface area contributed by atoms with Gasteiger partial charge in [0, 0.05) is 13.7 Å². The van der Waals surface area contributed by atoms with Crippen molar-refractivity contribution in [2.75, 3.05) is 32.2 Å². The average Bonchev–Trinajstić information content (AvgIpc) is 2.62. The first-order valence-corrected chi connectivity index (χ1v) is 9.16. The number of ether oxygens (including phenoxy) is 2. The fourth-order valence-corrected chi connectivity index (χ4v) is 2.99. The van der Waals surface area contributed by atoms with Crippen molar-refractivity contribution >= 4 is 21.6 Å². The van der Waals surface area contributed by atoms with Gasteiger partial charge in [-0.15, -0.1) is 0 Å². The SMILES string of the molecule is COCCNS(=O)(=O)c1ccc(OCC(=O)Nc2ccccc2F)cc1. The molecule has 0 atom stereocenters. The van der Waals surface area contributed by atoms with Crippen LogP contribution in [0.15, 0.2) is 53.4 Å². The molecule has 1 amide bonds. The second-order valence-corrected chi connectivity index (χ2v) is 6.95. The number of hydrogen-bond acceptors (Lipinski definition) is 5. The third-order valence-corrected chi connectivity index (χ3v) is 4.73. The van der Waals surface area contributed by atoms with Gasteiger partial charge in [0.2, 0.25) is 10.0 Å². The van der Waals surface area contributed by atoms with Crippen LogP contribution in [0.3, 0.4) is 0 Å². The fourth-order valence-electron chi connectivity index (χ4n) is 1.97. The van der Waals surface area contributed by atoms with Crippen LogP contribution in [0, 0.1) is 5.82 Å². The molecule has 0 bridgehead atoms. The van der Waals surface area contributed by atoms with E-state index in [9.17, 15) is 17.6 Å². The molecule has 0 heterocycles. The Labute approximate surface area is 151 Å². The number of anilines is 1. The number of methoxy groups -OCH3 is 1. The molecule has 0 radical (unpaired) electrons. The number of para-hydroxylation sites is 1. The maximum atomic E-state index is 13.5. The number of nitrogens with one attached hydrogen (secondary N) is 2. The zero-order chi connectivity index (χ0) is 19.0. The Bertz CT molecular complexity index is 840. The van der Waals surface area contributed by atoms with E-state index in [-0.39, 0.29) is 30.3 Å². The van der Waals surface area contributed by atoms with Crippen molar-refractivity contribution < 1.29 is 27.1 Å². The standard InChI is InChI=1S/C17H19FN2O5S/c1-24-11-10-19-26(22,23)14-8-6-13(7-9-14)25-12-17(21)20-16-5-3-2-4-15(16)18/h2-9,19H,10-12H2,1H3,(H,20,21). The lowest BCUT2D eigenvalue weighted by atomic mass is 10.3. The van der Waals surface area contributed by atoms with Gasteiger partial charge in [-0.1, -0.05) is 12.1 Å². The molecule has 7 nitrogen and oxygen atoms in total. The summed E-state index contributed by atoms with van der Waals surface area (Å²) in [5, 5.41) is 2.39. The number of benzene rings is 2. The van der Waals surface area contributed by atoms with E-state index in [1.54, 1.807) is 6.07 Å². The van der Waals surface area contributed by atoms with Gasteiger partial charge >= 0.3 is 0 Å². The Hall–Kier alpha value is -2.49. The summed E-state index contributed by atoms with van der Waals surface area (Å²) in [7, 11) is -2.16. The molecular formula is C17H19FN2O5S. The third kappa shape index (κ3) is 5.80. The zero-order valence-electron chi connectivity index (χ0n) is 14.1. The van der Waals surface area contributed by atoms with Crippen molar-refractivity contribution in [1.29, 1.82) is 0 Å². The topological polar surface area (TPSA) is 93.7 Å². The monoisotopic (exact) mass is 382 g/mol. The summed E-state index contributed by atoms with van der Waals surface area (Å²) >= 11 is 0. The van der Waals surface area contributed by atoms with E-state index < -0.39 is 21.7 Å². The molecule has 2 rings (SSSR count). The molecule has 26 heavy (non-hydrogen) atoms. The summed E-state index contributed by atoms with van der Waals surface area (Å²) in [5.74, 6) is -0.770. The number of hydrogen-bond donors (Lipinski definition) is 2. The Morgan fingerprint density at radius 2 is 1.81 bits per heavy atom. The maximum absolute atomic E-state index is 13.5. The molecule has 0 spiro atoms. The van der Waals surface area contributed by atoms with E-state index in [4.69, 9.17) is 9.47 Å². The highest BCUT2D eigenvalue weighted by Gasteiger charge is 2.13. The average molecular weight is 382 g/mol. The first-order valence-electron chi connectivity index (χ1n) is 7.68. The Balaban J connectivity index is 1.89. The molecule has 2 aromatic carbocycles. The van der Waals surface area contributed by atoms with Crippen molar-refractivity contribution in [2.24, 2.45) is 0 Å². The molecule has 140 valence electrons. The number of halogens is 1. The third-order valence-electron chi connectivity index (χ3n) is 3.25. The van der Waals surface area contributed by atoms with Crippen LogP contribution in [-0.2, 0) is 19.6 Å². The molecule has 0 aromatic heterocycles. The van der Waals surface area contributed by atoms with Crippen LogP contribution in [0.4, 0.5) is 10.1 Å². The van der Waals surface area contributed by atoms with Crippen molar-refractivity contribution in [2.45, 2.75) is 4.90 Å². The first-order chi connectivity index (χ1) is 12.4. The molecule has 0 unspecified atom stereocenters. The molecule has 0 saturated carbocycles. The molecular weight excluding hydrogens is 363 g/mol. The molecule has 9 heteroatoms. The molecule has 0 fully saturated rings. The van der Waals surface area contributed by atoms with Crippen molar-refractivity contribution in [3.05, 3.63) is 54.3 Å². The van der Waals surface area contributed by atoms with Gasteiger partial charge in [0.15, 0.2) is 6.61 Å². The second kappa shape index (κ2) is 9.27. The highest BCUT2D eigenvalue weighted by molar-refractivity contribution is 7.89. The molecule has 0 aliphatic carbocycles. The van der Waals surface area contributed by atoms with Gasteiger partial charge in [0.25, 0.3) is 5.91 Å². The smallest absolute Gasteiger partial charge is 0.262 e. The number of carbonyl (C=O) groups is 1. The summed E-state index contributed by atoms with van der Waals surface area (Å²) in [5.41, 5.74) is 0.0599. The van der Waals surface area contributed by atoms with Crippen LogP contribution in [0.5, 0.6) is 5.75 Å². The summed E-state index contributed by atoms with van der Waals surface area (Å²) in [6.45, 7) is 0.0807. The summed E-state index contributed by atoms with van der Waals surface area (Å²) in [6, 6.07) is 11.4. The zero-order valence-corrected chi connectivity index (χ0v) is 14.9. The minimum absolute atomic E-state index is 0.0599. The largest absolute Gasteiger partial charge is 0.484 e. The highest BCUT2D eigenvalue weighted by atomic mass is 32.2. The highest BCUT2D eigenvalue weighted by Crippen LogP contribution is 2.16. The van der Waals surface area contributed by atoms with Gasteiger partial charge in [0.05, 0.1) is 17.2 Å². The lowest BCUT2D eigenvalue weighted by Crippen LogP contribution is -2.27. The predicted molar refractivity (Wildman–Crippen MR) is 94.0 cm³/mol. The van der Waals surface area contributed by atoms with Gasteiger partial charge in [0.1, 0.15) is 11.6 Å². The molecule has 0 saturated heterocycles. The van der Waals surface area contributed by atoms with Crippen LogP contribution >= 0.6 is 0 Å². The lowest BCUT2D eigenvalue weighted by molar-refractivity contribution is -0.118. The predicted octanol–water partition coefficient (Wildman–Crippen LogP) is 1.77. The second-order valence-electron chi connectivity index (χ2n) is 5.18. The van der Waals surface area contributed by atoms with Gasteiger partial charge < -0.3 is 14.8 Å². The number of amides is 1. The van der Waals surface area contributed by atoms with Crippen LogP contribution < -0.4 is 14.8 Å². The van der Waals surface area contributed by atoms with Crippen LogP contribution in [0.25, 0.3) is 0 Å².